The van der Waals surface area contributed by atoms with Crippen molar-refractivity contribution in [3.63, 3.8) is 0 Å². The first-order valence-electron chi connectivity index (χ1n) is 9.99. The van der Waals surface area contributed by atoms with Crippen LogP contribution in [0.4, 0.5) is 10.5 Å². The van der Waals surface area contributed by atoms with Crippen LogP contribution in [0, 0.1) is 5.92 Å². The summed E-state index contributed by atoms with van der Waals surface area (Å²) in [5.74, 6) is 0.773. The van der Waals surface area contributed by atoms with E-state index in [0.29, 0.717) is 37.9 Å². The van der Waals surface area contributed by atoms with Gasteiger partial charge in [0.2, 0.25) is 0 Å². The summed E-state index contributed by atoms with van der Waals surface area (Å²) >= 11 is 0. The summed E-state index contributed by atoms with van der Waals surface area (Å²) < 4.78 is 7.41. The fraction of sp³-hybridized carbons (Fsp3) is 0.364. The zero-order chi connectivity index (χ0) is 20.4. The minimum Gasteiger partial charge on any atom is -0.459 e. The number of carbonyl (C=O) groups is 2. The number of hydrogen-bond donors (Lipinski definition) is 1. The van der Waals surface area contributed by atoms with Gasteiger partial charge < -0.3 is 24.1 Å². The molecule has 0 saturated carbocycles. The van der Waals surface area contributed by atoms with E-state index in [1.54, 1.807) is 21.9 Å². The quantitative estimate of drug-likeness (QED) is 0.730. The fourth-order valence-electron chi connectivity index (χ4n) is 3.70. The highest BCUT2D eigenvalue weighted by Gasteiger charge is 2.26. The first kappa shape index (κ1) is 19.1. The Morgan fingerprint density at radius 1 is 1.07 bits per heavy atom. The highest BCUT2D eigenvalue weighted by Crippen LogP contribution is 2.22. The van der Waals surface area contributed by atoms with Crippen molar-refractivity contribution in [2.45, 2.75) is 20.4 Å². The summed E-state index contributed by atoms with van der Waals surface area (Å²) in [7, 11) is 0. The van der Waals surface area contributed by atoms with Crippen molar-refractivity contribution >= 4 is 28.5 Å². The third-order valence-corrected chi connectivity index (χ3v) is 5.17. The van der Waals surface area contributed by atoms with E-state index >= 15 is 0 Å². The Morgan fingerprint density at radius 3 is 2.52 bits per heavy atom. The van der Waals surface area contributed by atoms with Crippen LogP contribution in [0.15, 0.2) is 53.3 Å². The molecular weight excluding hydrogens is 368 g/mol. The lowest BCUT2D eigenvalue weighted by molar-refractivity contribution is 0.0640. The number of furan rings is 1. The number of carbonyl (C=O) groups excluding carboxylic acids is 2. The molecule has 1 aliphatic rings. The van der Waals surface area contributed by atoms with Gasteiger partial charge >= 0.3 is 6.03 Å². The fourth-order valence-corrected chi connectivity index (χ4v) is 3.70. The van der Waals surface area contributed by atoms with Crippen molar-refractivity contribution in [3.8, 4) is 0 Å². The second-order valence-corrected chi connectivity index (χ2v) is 7.82. The van der Waals surface area contributed by atoms with E-state index in [-0.39, 0.29) is 11.9 Å². The Morgan fingerprint density at radius 2 is 1.83 bits per heavy atom. The van der Waals surface area contributed by atoms with Crippen LogP contribution in [0.25, 0.3) is 10.9 Å². The zero-order valence-electron chi connectivity index (χ0n) is 16.8. The first-order valence-corrected chi connectivity index (χ1v) is 9.99. The van der Waals surface area contributed by atoms with Crippen molar-refractivity contribution in [2.24, 2.45) is 5.92 Å². The van der Waals surface area contributed by atoms with Crippen molar-refractivity contribution in [1.82, 2.24) is 14.4 Å². The van der Waals surface area contributed by atoms with Crippen LogP contribution in [0.3, 0.4) is 0 Å². The monoisotopic (exact) mass is 394 g/mol. The Kier molecular flexibility index (Phi) is 5.29. The van der Waals surface area contributed by atoms with Gasteiger partial charge in [0.05, 0.1) is 6.26 Å². The van der Waals surface area contributed by atoms with Gasteiger partial charge in [0.1, 0.15) is 0 Å². The SMILES string of the molecule is CC(C)Cn1ccc2cc(NC(=O)N3CCN(C(=O)c4ccco4)CC3)ccc21. The van der Waals surface area contributed by atoms with Gasteiger partial charge in [-0.1, -0.05) is 13.8 Å². The average Bonchev–Trinajstić information content (AvgIpc) is 3.38. The number of urea groups is 1. The topological polar surface area (TPSA) is 70.7 Å². The molecule has 7 nitrogen and oxygen atoms in total. The maximum Gasteiger partial charge on any atom is 0.321 e. The first-order chi connectivity index (χ1) is 14.0. The van der Waals surface area contributed by atoms with E-state index in [1.165, 1.54) is 11.8 Å². The van der Waals surface area contributed by atoms with Crippen LogP contribution < -0.4 is 5.32 Å². The van der Waals surface area contributed by atoms with Gasteiger partial charge in [0, 0.05) is 55.5 Å². The molecule has 3 heterocycles. The van der Waals surface area contributed by atoms with Crippen LogP contribution in [-0.2, 0) is 6.54 Å². The molecule has 1 saturated heterocycles. The van der Waals surface area contributed by atoms with Crippen molar-refractivity contribution in [1.29, 1.82) is 0 Å². The molecule has 1 aromatic carbocycles. The molecule has 152 valence electrons. The molecule has 7 heteroatoms. The third-order valence-electron chi connectivity index (χ3n) is 5.17. The number of anilines is 1. The number of nitrogens with one attached hydrogen (secondary N) is 1. The summed E-state index contributed by atoms with van der Waals surface area (Å²) in [6.07, 6.45) is 3.58. The minimum absolute atomic E-state index is 0.133. The number of rotatable bonds is 4. The van der Waals surface area contributed by atoms with Gasteiger partial charge in [-0.05, 0) is 42.3 Å². The maximum atomic E-state index is 12.6. The molecule has 0 bridgehead atoms. The molecule has 0 unspecified atom stereocenters. The molecular formula is C22H26N4O3. The van der Waals surface area contributed by atoms with Crippen molar-refractivity contribution in [2.75, 3.05) is 31.5 Å². The van der Waals surface area contributed by atoms with Crippen LogP contribution in [0.2, 0.25) is 0 Å². The van der Waals surface area contributed by atoms with E-state index in [9.17, 15) is 9.59 Å². The predicted molar refractivity (Wildman–Crippen MR) is 112 cm³/mol. The largest absolute Gasteiger partial charge is 0.459 e. The van der Waals surface area contributed by atoms with Crippen LogP contribution in [0.5, 0.6) is 0 Å². The Hall–Kier alpha value is -3.22. The molecule has 0 aliphatic carbocycles. The van der Waals surface area contributed by atoms with Gasteiger partial charge in [-0.25, -0.2) is 4.79 Å². The normalized spacial score (nSPS) is 14.6. The molecule has 0 spiro atoms. The standard InChI is InChI=1S/C22H26N4O3/c1-16(2)15-26-8-7-17-14-18(5-6-19(17)26)23-22(28)25-11-9-24(10-12-25)21(27)20-4-3-13-29-20/h3-8,13-14,16H,9-12,15H2,1-2H3,(H,23,28). The predicted octanol–water partition coefficient (Wildman–Crippen LogP) is 3.88. The van der Waals surface area contributed by atoms with E-state index in [4.69, 9.17) is 4.42 Å². The maximum absolute atomic E-state index is 12.6. The van der Waals surface area contributed by atoms with Gasteiger partial charge in [-0.2, -0.15) is 0 Å². The van der Waals surface area contributed by atoms with Crippen molar-refractivity contribution < 1.29 is 14.0 Å². The van der Waals surface area contributed by atoms with Crippen LogP contribution >= 0.6 is 0 Å². The minimum atomic E-state index is -0.143. The van der Waals surface area contributed by atoms with E-state index < -0.39 is 0 Å². The highest BCUT2D eigenvalue weighted by atomic mass is 16.3. The lowest BCUT2D eigenvalue weighted by atomic mass is 10.2. The molecule has 1 fully saturated rings. The molecule has 29 heavy (non-hydrogen) atoms. The average molecular weight is 394 g/mol. The number of nitrogens with zero attached hydrogens (tertiary/aromatic N) is 3. The summed E-state index contributed by atoms with van der Waals surface area (Å²) in [5.41, 5.74) is 1.95. The molecule has 1 N–H and O–H groups in total. The Bertz CT molecular complexity index is 998. The van der Waals surface area contributed by atoms with E-state index in [0.717, 1.165) is 17.6 Å². The van der Waals surface area contributed by atoms with Gasteiger partial charge in [0.25, 0.3) is 5.91 Å². The van der Waals surface area contributed by atoms with E-state index in [1.807, 2.05) is 18.2 Å². The number of piperazine rings is 1. The summed E-state index contributed by atoms with van der Waals surface area (Å²) in [4.78, 5) is 28.4. The Labute approximate surface area is 169 Å². The Balaban J connectivity index is 1.35. The van der Waals surface area contributed by atoms with Gasteiger partial charge in [-0.15, -0.1) is 0 Å². The molecule has 3 amide bonds. The number of aromatic nitrogens is 1. The number of hydrogen-bond acceptors (Lipinski definition) is 3. The van der Waals surface area contributed by atoms with E-state index in [2.05, 4.69) is 36.0 Å². The molecule has 4 rings (SSSR count). The molecule has 0 radical (unpaired) electrons. The van der Waals surface area contributed by atoms with Gasteiger partial charge in [-0.3, -0.25) is 4.79 Å². The number of fused-ring (bicyclic) bond motifs is 1. The second kappa shape index (κ2) is 8.03. The van der Waals surface area contributed by atoms with Crippen molar-refractivity contribution in [3.05, 3.63) is 54.6 Å². The molecule has 1 aliphatic heterocycles. The molecule has 3 aromatic rings. The van der Waals surface area contributed by atoms with Crippen LogP contribution in [0.1, 0.15) is 24.4 Å². The summed E-state index contributed by atoms with van der Waals surface area (Å²) in [6, 6.07) is 11.3. The number of benzene rings is 1. The summed E-state index contributed by atoms with van der Waals surface area (Å²) in [5, 5.41) is 4.09. The smallest absolute Gasteiger partial charge is 0.321 e. The van der Waals surface area contributed by atoms with Gasteiger partial charge in [0.15, 0.2) is 5.76 Å². The highest BCUT2D eigenvalue weighted by molar-refractivity contribution is 5.94. The van der Waals surface area contributed by atoms with Crippen LogP contribution in [-0.4, -0.2) is 52.5 Å². The third kappa shape index (κ3) is 4.13. The summed E-state index contributed by atoms with van der Waals surface area (Å²) in [6.45, 7) is 7.32. The number of amides is 3. The molecule has 0 atom stereocenters. The lowest BCUT2D eigenvalue weighted by Crippen LogP contribution is -2.51. The molecule has 2 aromatic heterocycles. The zero-order valence-corrected chi connectivity index (χ0v) is 16.8. The second-order valence-electron chi connectivity index (χ2n) is 7.82. The lowest BCUT2D eigenvalue weighted by Gasteiger charge is -2.34.